The van der Waals surface area contributed by atoms with E-state index >= 15 is 0 Å². The zero-order chi connectivity index (χ0) is 23.0. The molecule has 4 aromatic rings. The van der Waals surface area contributed by atoms with Gasteiger partial charge in [0.05, 0.1) is 16.6 Å². The fourth-order valence-corrected chi connectivity index (χ4v) is 4.22. The first-order valence-electron chi connectivity index (χ1n) is 9.63. The summed E-state index contributed by atoms with van der Waals surface area (Å²) in [6.45, 7) is 1.64. The van der Waals surface area contributed by atoms with Crippen LogP contribution >= 0.6 is 0 Å². The number of aromatic amines is 1. The number of rotatable bonds is 4. The van der Waals surface area contributed by atoms with E-state index in [0.29, 0.717) is 23.2 Å². The number of hydrogen-bond acceptors (Lipinski definition) is 2. The molecular formula is C24H17F4NO2S. The molecule has 0 amide bonds. The molecule has 0 fully saturated rings. The number of halogens is 4. The second-order valence-corrected chi connectivity index (χ2v) is 8.82. The van der Waals surface area contributed by atoms with Crippen LogP contribution in [-0.4, -0.2) is 14.7 Å². The highest BCUT2D eigenvalue weighted by molar-refractivity contribution is 7.86. The predicted molar refractivity (Wildman–Crippen MR) is 116 cm³/mol. The van der Waals surface area contributed by atoms with Crippen molar-refractivity contribution in [2.24, 2.45) is 0 Å². The van der Waals surface area contributed by atoms with Gasteiger partial charge in [-0.1, -0.05) is 42.5 Å². The summed E-state index contributed by atoms with van der Waals surface area (Å²) in [6.07, 6.45) is 0.470. The number of benzene rings is 3. The summed E-state index contributed by atoms with van der Waals surface area (Å²) >= 11 is 0. The van der Waals surface area contributed by atoms with E-state index in [0.717, 1.165) is 16.7 Å². The number of alkyl halides is 3. The third-order valence-corrected chi connectivity index (χ3v) is 6.34. The Morgan fingerprint density at radius 2 is 1.50 bits per heavy atom. The molecule has 1 unspecified atom stereocenters. The van der Waals surface area contributed by atoms with Crippen molar-refractivity contribution in [2.45, 2.75) is 23.7 Å². The molecule has 0 bridgehead atoms. The van der Waals surface area contributed by atoms with Gasteiger partial charge in [0.15, 0.2) is 16.2 Å². The highest BCUT2D eigenvalue weighted by Gasteiger charge is 2.37. The number of aromatic nitrogens is 1. The first kappa shape index (κ1) is 22.0. The molecule has 0 spiro atoms. The molecule has 3 nitrogen and oxygen atoms in total. The Bertz CT molecular complexity index is 1380. The Kier molecular flexibility index (Phi) is 5.73. The number of nitrogens with one attached hydrogen (secondary N) is 1. The molecule has 0 radical (unpaired) electrons. The van der Waals surface area contributed by atoms with Crippen LogP contribution in [0.3, 0.4) is 0 Å². The minimum atomic E-state index is -4.79. The number of hydrogen-bond donors (Lipinski definition) is 1. The molecule has 0 saturated heterocycles. The first-order chi connectivity index (χ1) is 15.1. The summed E-state index contributed by atoms with van der Waals surface area (Å²) in [5.41, 5.74) is -1.31. The predicted octanol–water partition coefficient (Wildman–Crippen LogP) is 5.86. The maximum Gasteiger partial charge on any atom is 0.475 e. The van der Waals surface area contributed by atoms with Crippen LogP contribution in [0.1, 0.15) is 16.7 Å². The molecule has 0 saturated carbocycles. The number of H-pyrrole nitrogens is 1. The molecule has 1 N–H and O–H groups in total. The van der Waals surface area contributed by atoms with Crippen LogP contribution in [0.4, 0.5) is 17.6 Å². The van der Waals surface area contributed by atoms with Gasteiger partial charge in [-0.15, -0.1) is 0 Å². The number of fused-ring (bicyclic) bond motifs is 1. The van der Waals surface area contributed by atoms with Crippen molar-refractivity contribution in [3.63, 3.8) is 0 Å². The van der Waals surface area contributed by atoms with Crippen molar-refractivity contribution in [1.82, 2.24) is 4.98 Å². The van der Waals surface area contributed by atoms with Gasteiger partial charge in [0.2, 0.25) is 0 Å². The Morgan fingerprint density at radius 1 is 0.906 bits per heavy atom. The standard InChI is InChI=1S/C24H17F4NO2S/c1-14-22(29-20-4-2-3-19(25)21(20)23(14)30)17-9-5-15(6-10-17)13-16-7-11-18(12-8-16)32(31)24(26,27)28/h2-12H,13H2,1H3,(H,29,30). The molecule has 8 heteroatoms. The molecule has 1 aromatic heterocycles. The smallest absolute Gasteiger partial charge is 0.354 e. The fraction of sp³-hybridized carbons (Fsp3) is 0.125. The molecule has 164 valence electrons. The van der Waals surface area contributed by atoms with Gasteiger partial charge in [0, 0.05) is 10.5 Å². The van der Waals surface area contributed by atoms with Crippen LogP contribution in [0.2, 0.25) is 0 Å². The van der Waals surface area contributed by atoms with Crippen LogP contribution in [0, 0.1) is 12.7 Å². The average molecular weight is 459 g/mol. The quantitative estimate of drug-likeness (QED) is 0.389. The van der Waals surface area contributed by atoms with Crippen molar-refractivity contribution in [1.29, 1.82) is 0 Å². The fourth-order valence-electron chi connectivity index (χ4n) is 3.57. The van der Waals surface area contributed by atoms with E-state index in [1.54, 1.807) is 13.0 Å². The van der Waals surface area contributed by atoms with Crippen molar-refractivity contribution in [3.05, 3.63) is 99.5 Å². The molecule has 0 aliphatic carbocycles. The Hall–Kier alpha value is -3.26. The monoisotopic (exact) mass is 459 g/mol. The van der Waals surface area contributed by atoms with Crippen LogP contribution in [0.15, 0.2) is 76.4 Å². The molecule has 4 rings (SSSR count). The zero-order valence-corrected chi connectivity index (χ0v) is 17.6. The lowest BCUT2D eigenvalue weighted by Gasteiger charge is -2.10. The van der Waals surface area contributed by atoms with E-state index in [1.807, 2.05) is 24.3 Å². The summed E-state index contributed by atoms with van der Waals surface area (Å²) < 4.78 is 63.2. The third kappa shape index (κ3) is 4.23. The lowest BCUT2D eigenvalue weighted by molar-refractivity contribution is -0.0384. The molecule has 0 aliphatic heterocycles. The van der Waals surface area contributed by atoms with Crippen LogP contribution in [0.25, 0.3) is 22.2 Å². The van der Waals surface area contributed by atoms with Crippen molar-refractivity contribution < 1.29 is 21.8 Å². The van der Waals surface area contributed by atoms with Gasteiger partial charge in [0.1, 0.15) is 5.82 Å². The Labute approximate surface area is 183 Å². The SMILES string of the molecule is Cc1c(-c2ccc(Cc3ccc(S(=O)C(F)(F)F)cc3)cc2)[nH]c2cccc(F)c2c1=O. The van der Waals surface area contributed by atoms with Gasteiger partial charge in [-0.25, -0.2) is 8.60 Å². The largest absolute Gasteiger partial charge is 0.475 e. The highest BCUT2D eigenvalue weighted by atomic mass is 32.2. The van der Waals surface area contributed by atoms with E-state index < -0.39 is 22.1 Å². The second-order valence-electron chi connectivity index (χ2n) is 7.35. The zero-order valence-electron chi connectivity index (χ0n) is 16.8. The summed E-state index contributed by atoms with van der Waals surface area (Å²) in [6, 6.07) is 17.3. The van der Waals surface area contributed by atoms with E-state index in [1.165, 1.54) is 36.4 Å². The Morgan fingerprint density at radius 3 is 2.09 bits per heavy atom. The van der Waals surface area contributed by atoms with Gasteiger partial charge >= 0.3 is 5.51 Å². The molecule has 1 heterocycles. The molecular weight excluding hydrogens is 442 g/mol. The van der Waals surface area contributed by atoms with E-state index in [9.17, 15) is 26.6 Å². The topological polar surface area (TPSA) is 49.9 Å². The lowest BCUT2D eigenvalue weighted by Crippen LogP contribution is -2.16. The summed E-state index contributed by atoms with van der Waals surface area (Å²) in [5.74, 6) is -0.571. The maximum atomic E-state index is 14.1. The third-order valence-electron chi connectivity index (χ3n) is 5.21. The first-order valence-corrected chi connectivity index (χ1v) is 10.8. The minimum absolute atomic E-state index is 0.0280. The van der Waals surface area contributed by atoms with Crippen molar-refractivity contribution in [3.8, 4) is 11.3 Å². The van der Waals surface area contributed by atoms with Gasteiger partial charge in [-0.2, -0.15) is 13.2 Å². The highest BCUT2D eigenvalue weighted by Crippen LogP contribution is 2.27. The minimum Gasteiger partial charge on any atom is -0.354 e. The summed E-state index contributed by atoms with van der Waals surface area (Å²) in [5, 5.41) is 0.0280. The molecule has 0 aliphatic rings. The normalized spacial score (nSPS) is 12.8. The van der Waals surface area contributed by atoms with Gasteiger partial charge in [-0.05, 0) is 54.3 Å². The van der Waals surface area contributed by atoms with E-state index in [4.69, 9.17) is 0 Å². The Balaban J connectivity index is 1.59. The van der Waals surface area contributed by atoms with E-state index in [2.05, 4.69) is 4.98 Å². The van der Waals surface area contributed by atoms with Crippen LogP contribution < -0.4 is 5.43 Å². The van der Waals surface area contributed by atoms with Crippen molar-refractivity contribution >= 4 is 21.7 Å². The molecule has 1 atom stereocenters. The van der Waals surface area contributed by atoms with E-state index in [-0.39, 0.29) is 15.7 Å². The van der Waals surface area contributed by atoms with Crippen LogP contribution in [0.5, 0.6) is 0 Å². The van der Waals surface area contributed by atoms with Gasteiger partial charge in [-0.3, -0.25) is 4.79 Å². The summed E-state index contributed by atoms with van der Waals surface area (Å²) in [4.78, 5) is 15.5. The van der Waals surface area contributed by atoms with Gasteiger partial charge in [0.25, 0.3) is 0 Å². The molecule has 3 aromatic carbocycles. The lowest BCUT2D eigenvalue weighted by atomic mass is 10.00. The van der Waals surface area contributed by atoms with Crippen molar-refractivity contribution in [2.75, 3.05) is 0 Å². The van der Waals surface area contributed by atoms with Crippen LogP contribution in [-0.2, 0) is 17.2 Å². The van der Waals surface area contributed by atoms with Gasteiger partial charge < -0.3 is 4.98 Å². The average Bonchev–Trinajstić information content (AvgIpc) is 2.76. The second kappa shape index (κ2) is 8.35. The maximum absolute atomic E-state index is 14.1. The number of pyridine rings is 1. The molecule has 32 heavy (non-hydrogen) atoms. The summed E-state index contributed by atoms with van der Waals surface area (Å²) in [7, 11) is -3.05.